The van der Waals surface area contributed by atoms with Gasteiger partial charge in [0.2, 0.25) is 0 Å². The van der Waals surface area contributed by atoms with E-state index >= 15 is 0 Å². The molecule has 0 fully saturated rings. The van der Waals surface area contributed by atoms with Gasteiger partial charge in [0.05, 0.1) is 0 Å². The Morgan fingerprint density at radius 3 is 2.68 bits per heavy atom. The number of hydrogen-bond acceptors (Lipinski definition) is 4. The number of nitrogens with one attached hydrogen (secondary N) is 1. The summed E-state index contributed by atoms with van der Waals surface area (Å²) in [5.41, 5.74) is 2.00. The van der Waals surface area contributed by atoms with Gasteiger partial charge in [0.25, 0.3) is 0 Å². The summed E-state index contributed by atoms with van der Waals surface area (Å²) in [5, 5.41) is 7.44. The van der Waals surface area contributed by atoms with Crippen LogP contribution in [0.25, 0.3) is 11.5 Å². The molecule has 2 rings (SSSR count). The predicted octanol–water partition coefficient (Wildman–Crippen LogP) is 2.51. The molecule has 0 atom stereocenters. The van der Waals surface area contributed by atoms with Crippen LogP contribution in [0.4, 0.5) is 5.82 Å². The van der Waals surface area contributed by atoms with E-state index in [2.05, 4.69) is 41.2 Å². The van der Waals surface area contributed by atoms with Gasteiger partial charge in [-0.15, -0.1) is 0 Å². The molecule has 2 heterocycles. The van der Waals surface area contributed by atoms with Gasteiger partial charge in [-0.2, -0.15) is 5.10 Å². The standard InChI is InChI=1S/C14H21N5/c1-5-15-13-9-11(8-10(2)3)17-14(18-13)12-6-7-16-19(12)4/h6-7,9-10H,5,8H2,1-4H3,(H,15,17,18). The summed E-state index contributed by atoms with van der Waals surface area (Å²) in [7, 11) is 1.90. The van der Waals surface area contributed by atoms with Gasteiger partial charge < -0.3 is 5.32 Å². The largest absolute Gasteiger partial charge is 0.370 e. The highest BCUT2D eigenvalue weighted by Crippen LogP contribution is 2.18. The zero-order valence-corrected chi connectivity index (χ0v) is 12.0. The Morgan fingerprint density at radius 1 is 1.32 bits per heavy atom. The Kier molecular flexibility index (Phi) is 4.14. The molecular formula is C14H21N5. The van der Waals surface area contributed by atoms with Crippen molar-refractivity contribution in [1.29, 1.82) is 0 Å². The van der Waals surface area contributed by atoms with Crippen LogP contribution >= 0.6 is 0 Å². The first-order chi connectivity index (χ1) is 9.10. The molecule has 0 spiro atoms. The van der Waals surface area contributed by atoms with Crippen molar-refractivity contribution in [1.82, 2.24) is 19.7 Å². The van der Waals surface area contributed by atoms with Gasteiger partial charge in [-0.1, -0.05) is 13.8 Å². The predicted molar refractivity (Wildman–Crippen MR) is 76.9 cm³/mol. The molecule has 0 aliphatic rings. The number of nitrogens with zero attached hydrogens (tertiary/aromatic N) is 4. The quantitative estimate of drug-likeness (QED) is 0.896. The number of aromatic nitrogens is 4. The molecule has 0 saturated carbocycles. The summed E-state index contributed by atoms with van der Waals surface area (Å²) in [6, 6.07) is 3.97. The lowest BCUT2D eigenvalue weighted by Gasteiger charge is -2.10. The highest BCUT2D eigenvalue weighted by atomic mass is 15.3. The van der Waals surface area contributed by atoms with Crippen molar-refractivity contribution >= 4 is 5.82 Å². The molecule has 5 heteroatoms. The maximum atomic E-state index is 4.65. The Morgan fingerprint density at radius 2 is 2.11 bits per heavy atom. The molecule has 5 nitrogen and oxygen atoms in total. The maximum Gasteiger partial charge on any atom is 0.180 e. The van der Waals surface area contributed by atoms with Crippen LogP contribution < -0.4 is 5.32 Å². The number of aryl methyl sites for hydroxylation is 1. The lowest BCUT2D eigenvalue weighted by atomic mass is 10.1. The third kappa shape index (κ3) is 3.30. The molecule has 102 valence electrons. The van der Waals surface area contributed by atoms with Crippen LogP contribution in [0.2, 0.25) is 0 Å². The molecule has 0 unspecified atom stereocenters. The van der Waals surface area contributed by atoms with Crippen LogP contribution in [0.3, 0.4) is 0 Å². The van der Waals surface area contributed by atoms with E-state index in [1.807, 2.05) is 19.2 Å². The Hall–Kier alpha value is -1.91. The highest BCUT2D eigenvalue weighted by Gasteiger charge is 2.10. The first-order valence-corrected chi connectivity index (χ1v) is 6.70. The molecule has 0 aliphatic carbocycles. The lowest BCUT2D eigenvalue weighted by molar-refractivity contribution is 0.634. The van der Waals surface area contributed by atoms with E-state index in [1.165, 1.54) is 0 Å². The third-order valence-corrected chi connectivity index (χ3v) is 2.80. The fraction of sp³-hybridized carbons (Fsp3) is 0.500. The maximum absolute atomic E-state index is 4.65. The lowest BCUT2D eigenvalue weighted by Crippen LogP contribution is -2.07. The smallest absolute Gasteiger partial charge is 0.180 e. The van der Waals surface area contributed by atoms with Crippen LogP contribution in [-0.2, 0) is 13.5 Å². The van der Waals surface area contributed by atoms with E-state index in [9.17, 15) is 0 Å². The molecular weight excluding hydrogens is 238 g/mol. The molecule has 0 bridgehead atoms. The fourth-order valence-electron chi connectivity index (χ4n) is 2.00. The number of anilines is 1. The zero-order valence-electron chi connectivity index (χ0n) is 12.0. The van der Waals surface area contributed by atoms with Crippen molar-refractivity contribution in [2.24, 2.45) is 13.0 Å². The normalized spacial score (nSPS) is 11.0. The molecule has 1 N–H and O–H groups in total. The van der Waals surface area contributed by atoms with Crippen molar-refractivity contribution < 1.29 is 0 Å². The van der Waals surface area contributed by atoms with Crippen molar-refractivity contribution in [3.8, 4) is 11.5 Å². The third-order valence-electron chi connectivity index (χ3n) is 2.80. The molecule has 0 radical (unpaired) electrons. The monoisotopic (exact) mass is 259 g/mol. The average Bonchev–Trinajstić information content (AvgIpc) is 2.74. The highest BCUT2D eigenvalue weighted by molar-refractivity contribution is 5.53. The van der Waals surface area contributed by atoms with Gasteiger partial charge in [-0.05, 0) is 25.3 Å². The van der Waals surface area contributed by atoms with Gasteiger partial charge >= 0.3 is 0 Å². The first kappa shape index (κ1) is 13.5. The molecule has 2 aromatic rings. The van der Waals surface area contributed by atoms with Gasteiger partial charge in [0, 0.05) is 31.5 Å². The summed E-state index contributed by atoms with van der Waals surface area (Å²) >= 11 is 0. The van der Waals surface area contributed by atoms with Crippen LogP contribution in [0.5, 0.6) is 0 Å². The van der Waals surface area contributed by atoms with E-state index in [4.69, 9.17) is 0 Å². The second-order valence-corrected chi connectivity index (χ2v) is 5.04. The van der Waals surface area contributed by atoms with Crippen molar-refractivity contribution in [2.45, 2.75) is 27.2 Å². The summed E-state index contributed by atoms with van der Waals surface area (Å²) in [6.07, 6.45) is 2.71. The molecule has 0 saturated heterocycles. The fourth-order valence-corrected chi connectivity index (χ4v) is 2.00. The van der Waals surface area contributed by atoms with Crippen LogP contribution in [0, 0.1) is 5.92 Å². The second kappa shape index (κ2) is 5.82. The van der Waals surface area contributed by atoms with Gasteiger partial charge in [0.15, 0.2) is 5.82 Å². The van der Waals surface area contributed by atoms with Crippen molar-refractivity contribution in [3.05, 3.63) is 24.0 Å². The van der Waals surface area contributed by atoms with E-state index in [1.54, 1.807) is 10.9 Å². The van der Waals surface area contributed by atoms with Crippen LogP contribution in [0.15, 0.2) is 18.3 Å². The first-order valence-electron chi connectivity index (χ1n) is 6.70. The van der Waals surface area contributed by atoms with Gasteiger partial charge in [0.1, 0.15) is 11.5 Å². The van der Waals surface area contributed by atoms with E-state index in [0.717, 1.165) is 36.0 Å². The zero-order chi connectivity index (χ0) is 13.8. The minimum absolute atomic E-state index is 0.573. The number of hydrogen-bond donors (Lipinski definition) is 1. The van der Waals surface area contributed by atoms with Gasteiger partial charge in [-0.3, -0.25) is 4.68 Å². The minimum Gasteiger partial charge on any atom is -0.370 e. The van der Waals surface area contributed by atoms with E-state index in [0.29, 0.717) is 5.92 Å². The molecule has 19 heavy (non-hydrogen) atoms. The molecule has 0 aliphatic heterocycles. The van der Waals surface area contributed by atoms with Gasteiger partial charge in [-0.25, -0.2) is 9.97 Å². The Labute approximate surface area is 114 Å². The van der Waals surface area contributed by atoms with E-state index < -0.39 is 0 Å². The summed E-state index contributed by atoms with van der Waals surface area (Å²) in [6.45, 7) is 7.30. The van der Waals surface area contributed by atoms with Crippen LogP contribution in [0.1, 0.15) is 26.5 Å². The SMILES string of the molecule is CCNc1cc(CC(C)C)nc(-c2ccnn2C)n1. The average molecular weight is 259 g/mol. The topological polar surface area (TPSA) is 55.6 Å². The van der Waals surface area contributed by atoms with E-state index in [-0.39, 0.29) is 0 Å². The second-order valence-electron chi connectivity index (χ2n) is 5.04. The summed E-state index contributed by atoms with van der Waals surface area (Å²) in [5.74, 6) is 2.18. The summed E-state index contributed by atoms with van der Waals surface area (Å²) < 4.78 is 1.80. The number of rotatable bonds is 5. The molecule has 2 aromatic heterocycles. The van der Waals surface area contributed by atoms with Crippen molar-refractivity contribution in [2.75, 3.05) is 11.9 Å². The molecule has 0 aromatic carbocycles. The van der Waals surface area contributed by atoms with Crippen LogP contribution in [-0.4, -0.2) is 26.3 Å². The Balaban J connectivity index is 2.42. The van der Waals surface area contributed by atoms with Crippen molar-refractivity contribution in [3.63, 3.8) is 0 Å². The Bertz CT molecular complexity index is 545. The minimum atomic E-state index is 0.573. The molecule has 0 amide bonds. The summed E-state index contributed by atoms with van der Waals surface area (Å²) in [4.78, 5) is 9.20.